The van der Waals surface area contributed by atoms with Gasteiger partial charge in [0, 0.05) is 34.8 Å². The summed E-state index contributed by atoms with van der Waals surface area (Å²) < 4.78 is 26.7. The van der Waals surface area contributed by atoms with Gasteiger partial charge in [-0.15, -0.1) is 5.10 Å². The lowest BCUT2D eigenvalue weighted by Gasteiger charge is -2.15. The maximum Gasteiger partial charge on any atom is 0.158 e. The number of halogens is 1. The SMILES string of the molecule is CCOc1ccc(-n2c(C)c3c(C)nnc(NCc4ccc(F)cc4)c3c2C)c(OC)c1. The van der Waals surface area contributed by atoms with Gasteiger partial charge >= 0.3 is 0 Å². The van der Waals surface area contributed by atoms with E-state index < -0.39 is 0 Å². The Bertz CT molecular complexity index is 1270. The molecule has 1 N–H and O–H groups in total. The van der Waals surface area contributed by atoms with Crippen LogP contribution >= 0.6 is 0 Å². The lowest BCUT2D eigenvalue weighted by atomic mass is 10.1. The van der Waals surface area contributed by atoms with Gasteiger partial charge in [0.05, 0.1) is 25.1 Å². The minimum Gasteiger partial charge on any atom is -0.494 e. The molecule has 0 fully saturated rings. The topological polar surface area (TPSA) is 61.2 Å². The van der Waals surface area contributed by atoms with Crippen molar-refractivity contribution >= 4 is 16.6 Å². The second-order valence-electron chi connectivity index (χ2n) is 7.64. The zero-order valence-corrected chi connectivity index (χ0v) is 19.0. The third-order valence-corrected chi connectivity index (χ3v) is 5.62. The van der Waals surface area contributed by atoms with Gasteiger partial charge in [-0.25, -0.2) is 4.39 Å². The van der Waals surface area contributed by atoms with Crippen molar-refractivity contribution in [3.8, 4) is 17.2 Å². The number of aromatic nitrogens is 3. The summed E-state index contributed by atoms with van der Waals surface area (Å²) in [6.07, 6.45) is 0. The van der Waals surface area contributed by atoms with Gasteiger partial charge in [0.25, 0.3) is 0 Å². The van der Waals surface area contributed by atoms with Crippen LogP contribution in [0.3, 0.4) is 0 Å². The molecule has 4 rings (SSSR count). The van der Waals surface area contributed by atoms with Crippen molar-refractivity contribution in [1.29, 1.82) is 0 Å². The Hall–Kier alpha value is -3.61. The third kappa shape index (κ3) is 3.86. The molecule has 0 bridgehead atoms. The molecular formula is C25H27FN4O2. The molecule has 0 unspecified atom stereocenters. The van der Waals surface area contributed by atoms with E-state index in [-0.39, 0.29) is 5.82 Å². The predicted octanol–water partition coefficient (Wildman–Crippen LogP) is 5.50. The fraction of sp³-hybridized carbons (Fsp3) is 0.280. The maximum absolute atomic E-state index is 13.2. The minimum atomic E-state index is -0.251. The first-order valence-corrected chi connectivity index (χ1v) is 10.6. The first kappa shape index (κ1) is 21.6. The Kier molecular flexibility index (Phi) is 5.99. The van der Waals surface area contributed by atoms with Gasteiger partial charge in [-0.3, -0.25) is 0 Å². The van der Waals surface area contributed by atoms with Crippen LogP contribution < -0.4 is 14.8 Å². The first-order chi connectivity index (χ1) is 15.4. The summed E-state index contributed by atoms with van der Waals surface area (Å²) in [5.41, 5.74) is 4.82. The Morgan fingerprint density at radius 3 is 2.38 bits per heavy atom. The van der Waals surface area contributed by atoms with Gasteiger partial charge in [0.15, 0.2) is 5.82 Å². The molecule has 0 saturated heterocycles. The van der Waals surface area contributed by atoms with E-state index in [9.17, 15) is 4.39 Å². The highest BCUT2D eigenvalue weighted by molar-refractivity contribution is 5.98. The van der Waals surface area contributed by atoms with E-state index in [2.05, 4.69) is 33.9 Å². The molecule has 7 heteroatoms. The smallest absolute Gasteiger partial charge is 0.158 e. The summed E-state index contributed by atoms with van der Waals surface area (Å²) >= 11 is 0. The maximum atomic E-state index is 13.2. The van der Waals surface area contributed by atoms with Crippen molar-refractivity contribution in [3.05, 3.63) is 70.9 Å². The molecule has 0 aliphatic rings. The van der Waals surface area contributed by atoms with E-state index in [1.54, 1.807) is 19.2 Å². The van der Waals surface area contributed by atoms with Crippen LogP contribution in [0.1, 0.15) is 29.6 Å². The highest BCUT2D eigenvalue weighted by atomic mass is 19.1. The van der Waals surface area contributed by atoms with Gasteiger partial charge in [0.2, 0.25) is 0 Å². The second kappa shape index (κ2) is 8.86. The van der Waals surface area contributed by atoms with Crippen molar-refractivity contribution in [2.75, 3.05) is 19.0 Å². The van der Waals surface area contributed by atoms with E-state index in [0.717, 1.165) is 50.6 Å². The number of fused-ring (bicyclic) bond motifs is 1. The zero-order valence-electron chi connectivity index (χ0n) is 19.0. The highest BCUT2D eigenvalue weighted by Gasteiger charge is 2.21. The fourth-order valence-corrected chi connectivity index (χ4v) is 4.17. The third-order valence-electron chi connectivity index (χ3n) is 5.62. The van der Waals surface area contributed by atoms with Crippen LogP contribution in [0.15, 0.2) is 42.5 Å². The number of benzene rings is 2. The minimum absolute atomic E-state index is 0.251. The average Bonchev–Trinajstić information content (AvgIpc) is 3.06. The number of methoxy groups -OCH3 is 1. The molecule has 6 nitrogen and oxygen atoms in total. The Balaban J connectivity index is 1.81. The molecule has 0 aliphatic carbocycles. The molecule has 0 spiro atoms. The van der Waals surface area contributed by atoms with E-state index >= 15 is 0 Å². The van der Waals surface area contributed by atoms with Gasteiger partial charge < -0.3 is 19.4 Å². The molecule has 0 amide bonds. The number of anilines is 1. The zero-order chi connectivity index (χ0) is 22.8. The van der Waals surface area contributed by atoms with Crippen molar-refractivity contribution in [2.24, 2.45) is 0 Å². The van der Waals surface area contributed by atoms with E-state index in [1.807, 2.05) is 32.0 Å². The lowest BCUT2D eigenvalue weighted by Crippen LogP contribution is -2.04. The molecule has 4 aromatic rings. The number of ether oxygens (including phenoxy) is 2. The van der Waals surface area contributed by atoms with Crippen LogP contribution in [0.5, 0.6) is 11.5 Å². The number of nitrogens with one attached hydrogen (secondary N) is 1. The van der Waals surface area contributed by atoms with E-state index in [0.29, 0.717) is 19.0 Å². The normalized spacial score (nSPS) is 11.1. The number of hydrogen-bond donors (Lipinski definition) is 1. The number of aryl methyl sites for hydroxylation is 3. The number of hydrogen-bond acceptors (Lipinski definition) is 5. The van der Waals surface area contributed by atoms with Crippen molar-refractivity contribution in [1.82, 2.24) is 14.8 Å². The predicted molar refractivity (Wildman–Crippen MR) is 125 cm³/mol. The Labute approximate surface area is 187 Å². The monoisotopic (exact) mass is 434 g/mol. The average molecular weight is 435 g/mol. The van der Waals surface area contributed by atoms with E-state index in [1.165, 1.54) is 12.1 Å². The molecule has 0 saturated carbocycles. The summed E-state index contributed by atoms with van der Waals surface area (Å²) in [6, 6.07) is 12.3. The number of nitrogens with zero attached hydrogens (tertiary/aromatic N) is 3. The molecular weight excluding hydrogens is 407 g/mol. The van der Waals surface area contributed by atoms with Crippen LogP contribution in [0.4, 0.5) is 10.2 Å². The van der Waals surface area contributed by atoms with Gasteiger partial charge in [-0.05, 0) is 57.5 Å². The summed E-state index contributed by atoms with van der Waals surface area (Å²) in [4.78, 5) is 0. The fourth-order valence-electron chi connectivity index (χ4n) is 4.17. The summed E-state index contributed by atoms with van der Waals surface area (Å²) in [6.45, 7) is 9.16. The first-order valence-electron chi connectivity index (χ1n) is 10.6. The van der Waals surface area contributed by atoms with Crippen molar-refractivity contribution in [2.45, 2.75) is 34.2 Å². The quantitative estimate of drug-likeness (QED) is 0.416. The molecule has 0 aliphatic heterocycles. The van der Waals surface area contributed by atoms with Crippen LogP contribution in [-0.4, -0.2) is 28.5 Å². The Morgan fingerprint density at radius 1 is 0.969 bits per heavy atom. The van der Waals surface area contributed by atoms with Gasteiger partial charge in [-0.1, -0.05) is 12.1 Å². The largest absolute Gasteiger partial charge is 0.494 e. The van der Waals surface area contributed by atoms with Crippen molar-refractivity contribution in [3.63, 3.8) is 0 Å². The Morgan fingerprint density at radius 2 is 1.69 bits per heavy atom. The number of rotatable bonds is 7. The molecule has 2 aromatic heterocycles. The summed E-state index contributed by atoms with van der Waals surface area (Å²) in [5, 5.41) is 14.3. The second-order valence-corrected chi connectivity index (χ2v) is 7.64. The molecule has 32 heavy (non-hydrogen) atoms. The standard InChI is InChI=1S/C25H27FN4O2/c1-6-32-20-11-12-21(22(13-20)31-5)30-16(3)23-15(2)28-29-25(24(23)17(30)4)27-14-18-7-9-19(26)10-8-18/h7-13H,6,14H2,1-5H3,(H,27,29). The highest BCUT2D eigenvalue weighted by Crippen LogP contribution is 2.37. The van der Waals surface area contributed by atoms with Crippen LogP contribution in [-0.2, 0) is 6.54 Å². The molecule has 0 atom stereocenters. The molecule has 2 heterocycles. The van der Waals surface area contributed by atoms with Gasteiger partial charge in [-0.2, -0.15) is 5.10 Å². The molecule has 166 valence electrons. The molecule has 0 radical (unpaired) electrons. The molecule has 2 aromatic carbocycles. The van der Waals surface area contributed by atoms with Crippen molar-refractivity contribution < 1.29 is 13.9 Å². The van der Waals surface area contributed by atoms with Crippen LogP contribution in [0.2, 0.25) is 0 Å². The van der Waals surface area contributed by atoms with Crippen LogP contribution in [0.25, 0.3) is 16.5 Å². The van der Waals surface area contributed by atoms with Crippen LogP contribution in [0, 0.1) is 26.6 Å². The van der Waals surface area contributed by atoms with E-state index in [4.69, 9.17) is 9.47 Å². The summed E-state index contributed by atoms with van der Waals surface area (Å²) in [7, 11) is 1.66. The lowest BCUT2D eigenvalue weighted by molar-refractivity contribution is 0.336. The summed E-state index contributed by atoms with van der Waals surface area (Å²) in [5.74, 6) is 1.93. The van der Waals surface area contributed by atoms with Gasteiger partial charge in [0.1, 0.15) is 17.3 Å².